The van der Waals surface area contributed by atoms with Crippen molar-refractivity contribution in [2.24, 2.45) is 0 Å². The van der Waals surface area contributed by atoms with Crippen LogP contribution in [0.15, 0.2) is 28.6 Å². The maximum Gasteiger partial charge on any atom is 0.434 e. The molecule has 0 fully saturated rings. The molecule has 0 saturated heterocycles. The van der Waals surface area contributed by atoms with E-state index in [2.05, 4.69) is 4.98 Å². The first-order chi connectivity index (χ1) is 10.3. The average molecular weight is 344 g/mol. The molecule has 0 aliphatic heterocycles. The molecular weight excluding hydrogens is 337 g/mol. The highest BCUT2D eigenvalue weighted by molar-refractivity contribution is 7.99. The number of rotatable bonds is 4. The van der Waals surface area contributed by atoms with Gasteiger partial charge in [0.2, 0.25) is 0 Å². The number of nitrogens with zero attached hydrogens (tertiary/aromatic N) is 2. The van der Waals surface area contributed by atoms with Crippen LogP contribution in [0.4, 0.5) is 13.2 Å². The van der Waals surface area contributed by atoms with Gasteiger partial charge in [-0.3, -0.25) is 4.79 Å². The van der Waals surface area contributed by atoms with E-state index in [0.717, 1.165) is 17.4 Å². The molecule has 114 valence electrons. The molecule has 0 aliphatic carbocycles. The van der Waals surface area contributed by atoms with Gasteiger partial charge in [-0.1, -0.05) is 17.8 Å². The molecule has 0 amide bonds. The van der Waals surface area contributed by atoms with Gasteiger partial charge in [0.15, 0.2) is 5.69 Å². The van der Waals surface area contributed by atoms with Crippen LogP contribution in [0.3, 0.4) is 0 Å². The van der Waals surface area contributed by atoms with Gasteiger partial charge in [-0.25, -0.2) is 4.98 Å². The lowest BCUT2D eigenvalue weighted by Crippen LogP contribution is -2.12. The zero-order valence-electron chi connectivity index (χ0n) is 10.7. The molecule has 4 nitrogen and oxygen atoms in total. The van der Waals surface area contributed by atoms with E-state index in [1.165, 1.54) is 6.07 Å². The van der Waals surface area contributed by atoms with Crippen LogP contribution in [-0.2, 0) is 11.0 Å². The Hall–Kier alpha value is -2.05. The highest BCUT2D eigenvalue weighted by Crippen LogP contribution is 2.39. The molecule has 2 rings (SSSR count). The molecular formula is C13H7F3N2O2S2. The fourth-order valence-electron chi connectivity index (χ4n) is 1.65. The molecule has 0 aromatic carbocycles. The SMILES string of the molecule is N#Cc1cc(-c2cccs2)c(C(F)(F)F)nc1SCC(=O)O. The lowest BCUT2D eigenvalue weighted by Gasteiger charge is -2.13. The van der Waals surface area contributed by atoms with Crippen molar-refractivity contribution in [1.82, 2.24) is 4.98 Å². The number of alkyl halides is 3. The van der Waals surface area contributed by atoms with Gasteiger partial charge in [-0.05, 0) is 17.5 Å². The zero-order valence-corrected chi connectivity index (χ0v) is 12.3. The van der Waals surface area contributed by atoms with Crippen LogP contribution in [0.1, 0.15) is 11.3 Å². The fraction of sp³-hybridized carbons (Fsp3) is 0.154. The normalized spacial score (nSPS) is 11.2. The minimum Gasteiger partial charge on any atom is -0.481 e. The summed E-state index contributed by atoms with van der Waals surface area (Å²) in [6.45, 7) is 0. The standard InChI is InChI=1S/C13H7F3N2O2S2/c14-13(15,16)11-8(9-2-1-3-21-9)4-7(5-17)12(18-11)22-6-10(19)20/h1-4H,6H2,(H,19,20). The van der Waals surface area contributed by atoms with E-state index in [1.54, 1.807) is 17.5 Å². The smallest absolute Gasteiger partial charge is 0.434 e. The van der Waals surface area contributed by atoms with Crippen molar-refractivity contribution in [3.8, 4) is 16.5 Å². The molecule has 1 N–H and O–H groups in total. The van der Waals surface area contributed by atoms with E-state index in [0.29, 0.717) is 16.6 Å². The second kappa shape index (κ2) is 6.37. The van der Waals surface area contributed by atoms with Gasteiger partial charge in [-0.2, -0.15) is 18.4 Å². The third kappa shape index (κ3) is 3.58. The van der Waals surface area contributed by atoms with Crippen molar-refractivity contribution in [2.45, 2.75) is 11.2 Å². The average Bonchev–Trinajstić information content (AvgIpc) is 2.97. The molecule has 0 atom stereocenters. The van der Waals surface area contributed by atoms with E-state index < -0.39 is 23.6 Å². The summed E-state index contributed by atoms with van der Waals surface area (Å²) in [5, 5.41) is 19.1. The van der Waals surface area contributed by atoms with E-state index >= 15 is 0 Å². The second-order valence-corrected chi connectivity index (χ2v) is 5.92. The number of aromatic nitrogens is 1. The van der Waals surface area contributed by atoms with Crippen LogP contribution in [-0.4, -0.2) is 21.8 Å². The Labute approximate surface area is 131 Å². The van der Waals surface area contributed by atoms with Gasteiger partial charge < -0.3 is 5.11 Å². The zero-order chi connectivity index (χ0) is 16.3. The number of aliphatic carboxylic acids is 1. The number of thiophene rings is 1. The van der Waals surface area contributed by atoms with Crippen LogP contribution in [0, 0.1) is 11.3 Å². The third-order valence-electron chi connectivity index (χ3n) is 2.50. The first-order valence-electron chi connectivity index (χ1n) is 5.73. The molecule has 2 aromatic rings. The maximum atomic E-state index is 13.2. The number of hydrogen-bond donors (Lipinski definition) is 1. The number of pyridine rings is 1. The summed E-state index contributed by atoms with van der Waals surface area (Å²) in [5.74, 6) is -1.68. The number of thioether (sulfide) groups is 1. The Morgan fingerprint density at radius 3 is 2.73 bits per heavy atom. The molecule has 0 saturated carbocycles. The predicted molar refractivity (Wildman–Crippen MR) is 75.6 cm³/mol. The summed E-state index contributed by atoms with van der Waals surface area (Å²) in [6.07, 6.45) is -4.70. The molecule has 0 radical (unpaired) electrons. The number of halogens is 3. The van der Waals surface area contributed by atoms with Gasteiger partial charge >= 0.3 is 12.1 Å². The highest BCUT2D eigenvalue weighted by atomic mass is 32.2. The molecule has 0 unspecified atom stereocenters. The Morgan fingerprint density at radius 1 is 1.50 bits per heavy atom. The summed E-state index contributed by atoms with van der Waals surface area (Å²) in [5.41, 5.74) is -1.39. The van der Waals surface area contributed by atoms with Gasteiger partial charge in [-0.15, -0.1) is 11.3 Å². The molecule has 2 heterocycles. The van der Waals surface area contributed by atoms with E-state index in [-0.39, 0.29) is 16.2 Å². The topological polar surface area (TPSA) is 74.0 Å². The van der Waals surface area contributed by atoms with Gasteiger partial charge in [0.25, 0.3) is 0 Å². The van der Waals surface area contributed by atoms with E-state index in [4.69, 9.17) is 10.4 Å². The maximum absolute atomic E-state index is 13.2. The summed E-state index contributed by atoms with van der Waals surface area (Å²) >= 11 is 1.69. The minimum atomic E-state index is -4.70. The summed E-state index contributed by atoms with van der Waals surface area (Å²) in [4.78, 5) is 14.4. The molecule has 0 bridgehead atoms. The molecule has 9 heteroatoms. The lowest BCUT2D eigenvalue weighted by atomic mass is 10.1. The molecule has 0 aliphatic rings. The highest BCUT2D eigenvalue weighted by Gasteiger charge is 2.37. The summed E-state index contributed by atoms with van der Waals surface area (Å²) in [7, 11) is 0. The Bertz CT molecular complexity index is 737. The summed E-state index contributed by atoms with van der Waals surface area (Å²) < 4.78 is 39.6. The van der Waals surface area contributed by atoms with Gasteiger partial charge in [0.1, 0.15) is 11.1 Å². The fourth-order valence-corrected chi connectivity index (χ4v) is 3.07. The van der Waals surface area contributed by atoms with Crippen LogP contribution in [0.5, 0.6) is 0 Å². The number of carbonyl (C=O) groups is 1. The Kier molecular flexibility index (Phi) is 4.73. The lowest BCUT2D eigenvalue weighted by molar-refractivity contribution is -0.141. The van der Waals surface area contributed by atoms with Crippen LogP contribution in [0.25, 0.3) is 10.4 Å². The summed E-state index contributed by atoms with van der Waals surface area (Å²) in [6, 6.07) is 5.96. The van der Waals surface area contributed by atoms with Crippen molar-refractivity contribution in [3.05, 3.63) is 34.8 Å². The van der Waals surface area contributed by atoms with Crippen molar-refractivity contribution in [1.29, 1.82) is 5.26 Å². The minimum absolute atomic E-state index is 0.0809. The quantitative estimate of drug-likeness (QED) is 0.852. The Morgan fingerprint density at radius 2 is 2.23 bits per heavy atom. The molecule has 2 aromatic heterocycles. The predicted octanol–water partition coefficient (Wildman–Crippen LogP) is 3.88. The molecule has 22 heavy (non-hydrogen) atoms. The van der Waals surface area contributed by atoms with Crippen LogP contribution < -0.4 is 0 Å². The van der Waals surface area contributed by atoms with E-state index in [1.807, 2.05) is 0 Å². The monoisotopic (exact) mass is 344 g/mol. The third-order valence-corrected chi connectivity index (χ3v) is 4.37. The Balaban J connectivity index is 2.60. The molecule has 0 spiro atoms. The first-order valence-corrected chi connectivity index (χ1v) is 7.60. The van der Waals surface area contributed by atoms with Gasteiger partial charge in [0.05, 0.1) is 11.3 Å². The largest absolute Gasteiger partial charge is 0.481 e. The number of nitriles is 1. The van der Waals surface area contributed by atoms with Crippen LogP contribution >= 0.6 is 23.1 Å². The van der Waals surface area contributed by atoms with E-state index in [9.17, 15) is 18.0 Å². The van der Waals surface area contributed by atoms with Crippen molar-refractivity contribution >= 4 is 29.1 Å². The van der Waals surface area contributed by atoms with Crippen molar-refractivity contribution in [3.63, 3.8) is 0 Å². The first kappa shape index (κ1) is 16.3. The van der Waals surface area contributed by atoms with Crippen molar-refractivity contribution < 1.29 is 23.1 Å². The number of carboxylic acid groups (broad SMARTS) is 1. The van der Waals surface area contributed by atoms with Gasteiger partial charge in [0, 0.05) is 10.4 Å². The number of hydrogen-bond acceptors (Lipinski definition) is 5. The number of carboxylic acids is 1. The van der Waals surface area contributed by atoms with Crippen LogP contribution in [0.2, 0.25) is 0 Å². The van der Waals surface area contributed by atoms with Crippen molar-refractivity contribution in [2.75, 3.05) is 5.75 Å². The second-order valence-electron chi connectivity index (χ2n) is 4.01.